The average Bonchev–Trinajstić information content (AvgIpc) is 2.41. The minimum Gasteiger partial charge on any atom is -0.394 e. The van der Waals surface area contributed by atoms with Crippen LogP contribution in [-0.4, -0.2) is 33.1 Å². The molecule has 0 aromatic carbocycles. The number of aliphatic hydroxyl groups excluding tert-OH is 1. The van der Waals surface area contributed by atoms with Crippen LogP contribution in [-0.2, 0) is 0 Å². The van der Waals surface area contributed by atoms with Gasteiger partial charge in [-0.25, -0.2) is 9.97 Å². The Morgan fingerprint density at radius 3 is 2.53 bits per heavy atom. The van der Waals surface area contributed by atoms with Crippen LogP contribution in [0.25, 0.3) is 0 Å². The summed E-state index contributed by atoms with van der Waals surface area (Å²) in [5.41, 5.74) is -0.0172. The van der Waals surface area contributed by atoms with E-state index in [4.69, 9.17) is 0 Å². The molecule has 1 saturated carbocycles. The number of rotatable bonds is 3. The fraction of sp³-hybridized carbons (Fsp3) is 0.583. The molecule has 1 amide bonds. The molecule has 0 spiro atoms. The fourth-order valence-electron chi connectivity index (χ4n) is 2.28. The molecule has 1 aromatic rings. The SMILES string of the molecule is O=C(NC1(CO)CCCCC1)c1cncnc1. The van der Waals surface area contributed by atoms with E-state index < -0.39 is 5.54 Å². The maximum absolute atomic E-state index is 12.0. The smallest absolute Gasteiger partial charge is 0.254 e. The largest absolute Gasteiger partial charge is 0.394 e. The Morgan fingerprint density at radius 1 is 1.29 bits per heavy atom. The number of amides is 1. The third kappa shape index (κ3) is 2.79. The van der Waals surface area contributed by atoms with E-state index in [1.807, 2.05) is 0 Å². The monoisotopic (exact) mass is 235 g/mol. The number of hydrogen-bond donors (Lipinski definition) is 2. The van der Waals surface area contributed by atoms with Crippen LogP contribution in [0.5, 0.6) is 0 Å². The topological polar surface area (TPSA) is 75.1 Å². The van der Waals surface area contributed by atoms with Crippen LogP contribution in [0.4, 0.5) is 0 Å². The molecule has 1 aromatic heterocycles. The van der Waals surface area contributed by atoms with E-state index in [1.54, 1.807) is 0 Å². The Morgan fingerprint density at radius 2 is 1.94 bits per heavy atom. The predicted molar refractivity (Wildman–Crippen MR) is 62.4 cm³/mol. The molecule has 5 nitrogen and oxygen atoms in total. The van der Waals surface area contributed by atoms with E-state index in [2.05, 4.69) is 15.3 Å². The molecule has 0 atom stereocenters. The number of nitrogens with one attached hydrogen (secondary N) is 1. The van der Waals surface area contributed by atoms with Gasteiger partial charge >= 0.3 is 0 Å². The highest BCUT2D eigenvalue weighted by Gasteiger charge is 2.33. The lowest BCUT2D eigenvalue weighted by Gasteiger charge is -2.36. The summed E-state index contributed by atoms with van der Waals surface area (Å²) < 4.78 is 0. The number of carbonyl (C=O) groups excluding carboxylic acids is 1. The van der Waals surface area contributed by atoms with Crippen molar-refractivity contribution < 1.29 is 9.90 Å². The molecule has 2 N–H and O–H groups in total. The van der Waals surface area contributed by atoms with Gasteiger partial charge < -0.3 is 10.4 Å². The number of aliphatic hydroxyl groups is 1. The van der Waals surface area contributed by atoms with Gasteiger partial charge in [0.2, 0.25) is 0 Å². The van der Waals surface area contributed by atoms with Gasteiger partial charge in [-0.1, -0.05) is 19.3 Å². The standard InChI is InChI=1S/C12H17N3O2/c16-8-12(4-2-1-3-5-12)15-11(17)10-6-13-9-14-7-10/h6-7,9,16H,1-5,8H2,(H,15,17). The van der Waals surface area contributed by atoms with Gasteiger partial charge in [0.25, 0.3) is 5.91 Å². The molecule has 1 aliphatic carbocycles. The number of carbonyl (C=O) groups is 1. The highest BCUT2D eigenvalue weighted by atomic mass is 16.3. The third-order valence-corrected chi connectivity index (χ3v) is 3.31. The van der Waals surface area contributed by atoms with Crippen molar-refractivity contribution in [1.29, 1.82) is 0 Å². The van der Waals surface area contributed by atoms with Crippen LogP contribution >= 0.6 is 0 Å². The average molecular weight is 235 g/mol. The molecule has 5 heteroatoms. The normalized spacial score (nSPS) is 18.6. The predicted octanol–water partition coefficient (Wildman–Crippen LogP) is 0.902. The molecule has 0 radical (unpaired) electrons. The molecule has 1 fully saturated rings. The minimum absolute atomic E-state index is 0.00751. The molecule has 0 bridgehead atoms. The van der Waals surface area contributed by atoms with Crippen molar-refractivity contribution in [2.45, 2.75) is 37.6 Å². The van der Waals surface area contributed by atoms with Gasteiger partial charge in [0.05, 0.1) is 17.7 Å². The van der Waals surface area contributed by atoms with Gasteiger partial charge in [-0.05, 0) is 12.8 Å². The molecular weight excluding hydrogens is 218 g/mol. The van der Waals surface area contributed by atoms with Crippen molar-refractivity contribution in [2.24, 2.45) is 0 Å². The second kappa shape index (κ2) is 5.23. The number of aromatic nitrogens is 2. The van der Waals surface area contributed by atoms with Gasteiger partial charge in [0.1, 0.15) is 6.33 Å². The summed E-state index contributed by atoms with van der Waals surface area (Å²) >= 11 is 0. The maximum atomic E-state index is 12.0. The first-order valence-electron chi connectivity index (χ1n) is 5.94. The highest BCUT2D eigenvalue weighted by molar-refractivity contribution is 5.94. The Kier molecular flexibility index (Phi) is 3.68. The molecule has 17 heavy (non-hydrogen) atoms. The first-order valence-corrected chi connectivity index (χ1v) is 5.94. The summed E-state index contributed by atoms with van der Waals surface area (Å²) in [6, 6.07) is 0. The molecule has 2 rings (SSSR count). The quantitative estimate of drug-likeness (QED) is 0.816. The summed E-state index contributed by atoms with van der Waals surface area (Å²) in [6.07, 6.45) is 9.29. The molecule has 92 valence electrons. The lowest BCUT2D eigenvalue weighted by atomic mass is 9.82. The van der Waals surface area contributed by atoms with Gasteiger partial charge in [0, 0.05) is 12.4 Å². The Hall–Kier alpha value is -1.49. The first-order chi connectivity index (χ1) is 8.26. The molecule has 0 unspecified atom stereocenters. The second-order valence-electron chi connectivity index (χ2n) is 4.58. The fourth-order valence-corrected chi connectivity index (χ4v) is 2.28. The zero-order chi connectivity index (χ0) is 12.1. The summed E-state index contributed by atoms with van der Waals surface area (Å²) in [5, 5.41) is 12.4. The van der Waals surface area contributed by atoms with E-state index in [0.717, 1.165) is 25.7 Å². The van der Waals surface area contributed by atoms with Crippen molar-refractivity contribution in [3.63, 3.8) is 0 Å². The maximum Gasteiger partial charge on any atom is 0.254 e. The van der Waals surface area contributed by atoms with Crippen LogP contribution in [0.3, 0.4) is 0 Å². The zero-order valence-corrected chi connectivity index (χ0v) is 9.72. The lowest BCUT2D eigenvalue weighted by Crippen LogP contribution is -2.52. The van der Waals surface area contributed by atoms with Crippen molar-refractivity contribution in [2.75, 3.05) is 6.61 Å². The van der Waals surface area contributed by atoms with Crippen LogP contribution in [0, 0.1) is 0 Å². The molecule has 0 saturated heterocycles. The Bertz CT molecular complexity index is 375. The summed E-state index contributed by atoms with van der Waals surface area (Å²) in [6.45, 7) is -0.00751. The molecule has 0 aliphatic heterocycles. The van der Waals surface area contributed by atoms with E-state index in [-0.39, 0.29) is 12.5 Å². The summed E-state index contributed by atoms with van der Waals surface area (Å²) in [5.74, 6) is -0.207. The van der Waals surface area contributed by atoms with E-state index >= 15 is 0 Å². The van der Waals surface area contributed by atoms with Gasteiger partial charge in [-0.2, -0.15) is 0 Å². The van der Waals surface area contributed by atoms with Gasteiger partial charge in [-0.15, -0.1) is 0 Å². The lowest BCUT2D eigenvalue weighted by molar-refractivity contribution is 0.0758. The third-order valence-electron chi connectivity index (χ3n) is 3.31. The van der Waals surface area contributed by atoms with Crippen LogP contribution in [0.2, 0.25) is 0 Å². The van der Waals surface area contributed by atoms with Crippen LogP contribution in [0.1, 0.15) is 42.5 Å². The Balaban J connectivity index is 2.06. The van der Waals surface area contributed by atoms with Gasteiger partial charge in [0.15, 0.2) is 0 Å². The van der Waals surface area contributed by atoms with Crippen LogP contribution in [0.15, 0.2) is 18.7 Å². The molecule has 1 aliphatic rings. The minimum atomic E-state index is -0.453. The van der Waals surface area contributed by atoms with E-state index in [9.17, 15) is 9.90 Å². The number of hydrogen-bond acceptors (Lipinski definition) is 4. The number of nitrogens with zero attached hydrogens (tertiary/aromatic N) is 2. The van der Waals surface area contributed by atoms with Crippen molar-refractivity contribution in [3.8, 4) is 0 Å². The molecular formula is C12H17N3O2. The van der Waals surface area contributed by atoms with Gasteiger partial charge in [-0.3, -0.25) is 4.79 Å². The first kappa shape index (κ1) is 12.0. The van der Waals surface area contributed by atoms with E-state index in [0.29, 0.717) is 5.56 Å². The summed E-state index contributed by atoms with van der Waals surface area (Å²) in [7, 11) is 0. The highest BCUT2D eigenvalue weighted by Crippen LogP contribution is 2.27. The second-order valence-corrected chi connectivity index (χ2v) is 4.58. The van der Waals surface area contributed by atoms with E-state index in [1.165, 1.54) is 25.1 Å². The van der Waals surface area contributed by atoms with Crippen molar-refractivity contribution >= 4 is 5.91 Å². The summed E-state index contributed by atoms with van der Waals surface area (Å²) in [4.78, 5) is 19.6. The molecule has 1 heterocycles. The van der Waals surface area contributed by atoms with Crippen molar-refractivity contribution in [1.82, 2.24) is 15.3 Å². The van der Waals surface area contributed by atoms with Crippen molar-refractivity contribution in [3.05, 3.63) is 24.3 Å². The van der Waals surface area contributed by atoms with Crippen LogP contribution < -0.4 is 5.32 Å². The zero-order valence-electron chi connectivity index (χ0n) is 9.72. The Labute approximate surface area is 100 Å².